The molecule has 3 aromatic rings. The average Bonchev–Trinajstić information content (AvgIpc) is 3.09. The van der Waals surface area contributed by atoms with Crippen molar-refractivity contribution in [1.82, 2.24) is 4.98 Å². The van der Waals surface area contributed by atoms with E-state index in [-0.39, 0.29) is 17.1 Å². The van der Waals surface area contributed by atoms with Gasteiger partial charge in [-0.15, -0.1) is 0 Å². The van der Waals surface area contributed by atoms with Gasteiger partial charge in [0, 0.05) is 11.3 Å². The highest BCUT2D eigenvalue weighted by molar-refractivity contribution is 6.42. The van der Waals surface area contributed by atoms with Crippen LogP contribution in [0.5, 0.6) is 0 Å². The van der Waals surface area contributed by atoms with Crippen LogP contribution >= 0.6 is 23.2 Å². The minimum Gasteiger partial charge on any atom is -0.478 e. The molecule has 1 heterocycles. The van der Waals surface area contributed by atoms with E-state index in [9.17, 15) is 9.59 Å². The van der Waals surface area contributed by atoms with Gasteiger partial charge in [-0.1, -0.05) is 29.3 Å². The first-order valence-electron chi connectivity index (χ1n) is 7.41. The van der Waals surface area contributed by atoms with Crippen molar-refractivity contribution >= 4 is 40.8 Å². The van der Waals surface area contributed by atoms with Crippen molar-refractivity contribution in [2.75, 3.05) is 5.32 Å². The van der Waals surface area contributed by atoms with Gasteiger partial charge in [0.15, 0.2) is 5.69 Å². The number of hydrogen-bond donors (Lipinski definition) is 2. The number of aryl methyl sites for hydroxylation is 1. The number of benzene rings is 2. The third kappa shape index (κ3) is 3.71. The van der Waals surface area contributed by atoms with E-state index in [4.69, 9.17) is 32.7 Å². The second-order valence-electron chi connectivity index (χ2n) is 5.46. The lowest BCUT2D eigenvalue weighted by Crippen LogP contribution is -2.14. The Morgan fingerprint density at radius 2 is 1.88 bits per heavy atom. The standard InChI is InChI=1S/C18H12Cl2N2O4/c1-9-2-3-11(18(24)25)7-14(9)21-16(23)15-8-26-17(22-15)10-4-5-12(19)13(20)6-10/h2-8H,1H3,(H,21,23)(H,24,25). The number of carbonyl (C=O) groups is 2. The number of aromatic carboxylic acids is 1. The van der Waals surface area contributed by atoms with E-state index in [2.05, 4.69) is 10.3 Å². The summed E-state index contributed by atoms with van der Waals surface area (Å²) in [6, 6.07) is 9.31. The second kappa shape index (κ2) is 7.19. The van der Waals surface area contributed by atoms with Crippen LogP contribution in [0.1, 0.15) is 26.4 Å². The molecule has 0 unspecified atom stereocenters. The second-order valence-corrected chi connectivity index (χ2v) is 6.27. The van der Waals surface area contributed by atoms with Crippen molar-refractivity contribution in [2.24, 2.45) is 0 Å². The van der Waals surface area contributed by atoms with Gasteiger partial charge in [0.1, 0.15) is 6.26 Å². The maximum Gasteiger partial charge on any atom is 0.335 e. The van der Waals surface area contributed by atoms with Crippen LogP contribution in [0.3, 0.4) is 0 Å². The molecule has 0 saturated heterocycles. The molecule has 2 aromatic carbocycles. The lowest BCUT2D eigenvalue weighted by molar-refractivity contribution is 0.0696. The normalized spacial score (nSPS) is 10.6. The van der Waals surface area contributed by atoms with Gasteiger partial charge in [0.2, 0.25) is 5.89 Å². The minimum absolute atomic E-state index is 0.0474. The molecule has 0 saturated carbocycles. The predicted octanol–water partition coefficient (Wildman–Crippen LogP) is 4.91. The number of anilines is 1. The van der Waals surface area contributed by atoms with Crippen molar-refractivity contribution in [3.8, 4) is 11.5 Å². The van der Waals surface area contributed by atoms with E-state index >= 15 is 0 Å². The highest BCUT2D eigenvalue weighted by Crippen LogP contribution is 2.28. The molecule has 26 heavy (non-hydrogen) atoms. The topological polar surface area (TPSA) is 92.4 Å². The summed E-state index contributed by atoms with van der Waals surface area (Å²) in [4.78, 5) is 27.6. The summed E-state index contributed by atoms with van der Waals surface area (Å²) in [5, 5.41) is 12.4. The van der Waals surface area contributed by atoms with Crippen molar-refractivity contribution < 1.29 is 19.1 Å². The van der Waals surface area contributed by atoms with E-state index in [0.717, 1.165) is 5.56 Å². The van der Waals surface area contributed by atoms with E-state index in [1.54, 1.807) is 31.2 Å². The zero-order valence-corrected chi connectivity index (χ0v) is 14.9. The van der Waals surface area contributed by atoms with Crippen molar-refractivity contribution in [1.29, 1.82) is 0 Å². The molecule has 0 aliphatic carbocycles. The van der Waals surface area contributed by atoms with Crippen LogP contribution in [0.25, 0.3) is 11.5 Å². The van der Waals surface area contributed by atoms with Crippen LogP contribution in [-0.4, -0.2) is 22.0 Å². The van der Waals surface area contributed by atoms with Gasteiger partial charge in [0.25, 0.3) is 5.91 Å². The van der Waals surface area contributed by atoms with Gasteiger partial charge in [-0.05, 0) is 42.8 Å². The summed E-state index contributed by atoms with van der Waals surface area (Å²) in [5.41, 5.74) is 1.79. The van der Waals surface area contributed by atoms with Crippen LogP contribution in [0.15, 0.2) is 47.1 Å². The molecule has 0 aliphatic heterocycles. The number of amides is 1. The number of halogens is 2. The molecule has 1 amide bonds. The molecule has 0 fully saturated rings. The summed E-state index contributed by atoms with van der Waals surface area (Å²) in [5.74, 6) is -1.39. The third-order valence-corrected chi connectivity index (χ3v) is 4.38. The molecular weight excluding hydrogens is 379 g/mol. The monoisotopic (exact) mass is 390 g/mol. The lowest BCUT2D eigenvalue weighted by Gasteiger charge is -2.07. The molecule has 3 rings (SSSR count). The molecule has 0 radical (unpaired) electrons. The Morgan fingerprint density at radius 3 is 2.58 bits per heavy atom. The molecule has 6 nitrogen and oxygen atoms in total. The van der Waals surface area contributed by atoms with Gasteiger partial charge in [-0.3, -0.25) is 4.79 Å². The van der Waals surface area contributed by atoms with Gasteiger partial charge >= 0.3 is 5.97 Å². The number of aromatic nitrogens is 1. The average molecular weight is 391 g/mol. The van der Waals surface area contributed by atoms with Crippen molar-refractivity contribution in [3.05, 3.63) is 69.5 Å². The zero-order chi connectivity index (χ0) is 18.8. The Hall–Kier alpha value is -2.83. The SMILES string of the molecule is Cc1ccc(C(=O)O)cc1NC(=O)c1coc(-c2ccc(Cl)c(Cl)c2)n1. The van der Waals surface area contributed by atoms with Crippen LogP contribution in [0.2, 0.25) is 10.0 Å². The van der Waals surface area contributed by atoms with E-state index < -0.39 is 11.9 Å². The summed E-state index contributed by atoms with van der Waals surface area (Å²) >= 11 is 11.8. The molecular formula is C18H12Cl2N2O4. The van der Waals surface area contributed by atoms with Crippen LogP contribution in [0, 0.1) is 6.92 Å². The molecule has 2 N–H and O–H groups in total. The van der Waals surface area contributed by atoms with Crippen molar-refractivity contribution in [2.45, 2.75) is 6.92 Å². The largest absolute Gasteiger partial charge is 0.478 e. The summed E-state index contributed by atoms with van der Waals surface area (Å²) in [6.07, 6.45) is 1.21. The molecule has 132 valence electrons. The Bertz CT molecular complexity index is 1010. The highest BCUT2D eigenvalue weighted by atomic mass is 35.5. The van der Waals surface area contributed by atoms with Gasteiger partial charge < -0.3 is 14.8 Å². The number of rotatable bonds is 4. The Kier molecular flexibility index (Phi) is 4.97. The molecule has 0 spiro atoms. The van der Waals surface area contributed by atoms with Crippen LogP contribution < -0.4 is 5.32 Å². The first-order chi connectivity index (χ1) is 12.3. The van der Waals surface area contributed by atoms with Crippen molar-refractivity contribution in [3.63, 3.8) is 0 Å². The summed E-state index contributed by atoms with van der Waals surface area (Å²) < 4.78 is 5.33. The number of carboxylic acids is 1. The molecule has 0 atom stereocenters. The smallest absolute Gasteiger partial charge is 0.335 e. The van der Waals surface area contributed by atoms with E-state index in [0.29, 0.717) is 21.3 Å². The number of oxazole rings is 1. The minimum atomic E-state index is -1.08. The van der Waals surface area contributed by atoms with E-state index in [1.807, 2.05) is 0 Å². The summed E-state index contributed by atoms with van der Waals surface area (Å²) in [7, 11) is 0. The number of nitrogens with one attached hydrogen (secondary N) is 1. The first kappa shape index (κ1) is 18.0. The zero-order valence-electron chi connectivity index (χ0n) is 13.4. The number of carbonyl (C=O) groups excluding carboxylic acids is 1. The number of carboxylic acid groups (broad SMARTS) is 1. The fraction of sp³-hybridized carbons (Fsp3) is 0.0556. The first-order valence-corrected chi connectivity index (χ1v) is 8.17. The lowest BCUT2D eigenvalue weighted by atomic mass is 10.1. The molecule has 8 heteroatoms. The van der Waals surface area contributed by atoms with Gasteiger partial charge in [0.05, 0.1) is 15.6 Å². The van der Waals surface area contributed by atoms with Gasteiger partial charge in [-0.25, -0.2) is 9.78 Å². The Labute approximate surface area is 158 Å². The quantitative estimate of drug-likeness (QED) is 0.660. The molecule has 1 aromatic heterocycles. The fourth-order valence-electron chi connectivity index (χ4n) is 2.22. The fourth-order valence-corrected chi connectivity index (χ4v) is 2.51. The molecule has 0 aliphatic rings. The maximum atomic E-state index is 12.4. The van der Waals surface area contributed by atoms with Crippen LogP contribution in [-0.2, 0) is 0 Å². The predicted molar refractivity (Wildman–Crippen MR) is 98.1 cm³/mol. The number of nitrogens with zero attached hydrogens (tertiary/aromatic N) is 1. The number of hydrogen-bond acceptors (Lipinski definition) is 4. The van der Waals surface area contributed by atoms with E-state index in [1.165, 1.54) is 18.4 Å². The molecule has 0 bridgehead atoms. The summed E-state index contributed by atoms with van der Waals surface area (Å²) in [6.45, 7) is 1.76. The Morgan fingerprint density at radius 1 is 1.12 bits per heavy atom. The highest BCUT2D eigenvalue weighted by Gasteiger charge is 2.16. The van der Waals surface area contributed by atoms with Crippen LogP contribution in [0.4, 0.5) is 5.69 Å². The third-order valence-electron chi connectivity index (χ3n) is 3.64. The Balaban J connectivity index is 1.83. The van der Waals surface area contributed by atoms with Gasteiger partial charge in [-0.2, -0.15) is 0 Å². The maximum absolute atomic E-state index is 12.4.